The lowest BCUT2D eigenvalue weighted by atomic mass is 10.0. The fourth-order valence-corrected chi connectivity index (χ4v) is 3.29. The second-order valence-electron chi connectivity index (χ2n) is 6.77. The predicted octanol–water partition coefficient (Wildman–Crippen LogP) is 3.51. The van der Waals surface area contributed by atoms with Gasteiger partial charge in [0.2, 0.25) is 11.8 Å². The molecule has 2 aromatic rings. The van der Waals surface area contributed by atoms with E-state index in [4.69, 9.17) is 10.00 Å². The van der Waals surface area contributed by atoms with Crippen molar-refractivity contribution in [2.75, 3.05) is 13.2 Å². The lowest BCUT2D eigenvalue weighted by Crippen LogP contribution is -2.32. The van der Waals surface area contributed by atoms with Crippen LogP contribution in [0.1, 0.15) is 36.6 Å². The Morgan fingerprint density at radius 3 is 2.97 bits per heavy atom. The van der Waals surface area contributed by atoms with Gasteiger partial charge in [0.05, 0.1) is 19.2 Å². The van der Waals surface area contributed by atoms with Gasteiger partial charge in [0.15, 0.2) is 0 Å². The molecule has 1 saturated heterocycles. The molecule has 1 amide bonds. The first kappa shape index (κ1) is 20.4. The first-order valence-corrected chi connectivity index (χ1v) is 9.21. The molecule has 2 heterocycles. The second kappa shape index (κ2) is 9.24. The Hall–Kier alpha value is -3.34. The van der Waals surface area contributed by atoms with Crippen LogP contribution in [0.4, 0.5) is 8.78 Å². The van der Waals surface area contributed by atoms with Gasteiger partial charge in [0.1, 0.15) is 30.1 Å². The van der Waals surface area contributed by atoms with E-state index < -0.39 is 18.0 Å². The van der Waals surface area contributed by atoms with Gasteiger partial charge in [-0.15, -0.1) is 0 Å². The van der Waals surface area contributed by atoms with Crippen molar-refractivity contribution in [1.82, 2.24) is 14.9 Å². The number of amides is 1. The van der Waals surface area contributed by atoms with Crippen LogP contribution in [-0.4, -0.2) is 40.1 Å². The number of carbonyl (C=O) groups is 1. The summed E-state index contributed by atoms with van der Waals surface area (Å²) in [5.41, 5.74) is 1.11. The van der Waals surface area contributed by atoms with E-state index in [9.17, 15) is 13.6 Å². The van der Waals surface area contributed by atoms with Gasteiger partial charge in [-0.25, -0.2) is 18.7 Å². The van der Waals surface area contributed by atoms with Crippen LogP contribution in [0.25, 0.3) is 0 Å². The molecule has 3 rings (SSSR count). The Kier molecular flexibility index (Phi) is 6.50. The molecular weight excluding hydrogens is 378 g/mol. The summed E-state index contributed by atoms with van der Waals surface area (Å²) in [4.78, 5) is 21.9. The van der Waals surface area contributed by atoms with E-state index >= 15 is 0 Å². The molecule has 2 atom stereocenters. The fraction of sp³-hybridized carbons (Fsp3) is 0.333. The van der Waals surface area contributed by atoms with E-state index in [-0.39, 0.29) is 37.1 Å². The summed E-state index contributed by atoms with van der Waals surface area (Å²) < 4.78 is 33.0. The van der Waals surface area contributed by atoms with Crippen LogP contribution in [-0.2, 0) is 4.79 Å². The molecule has 1 aromatic carbocycles. The number of hydrogen-bond donors (Lipinski definition) is 0. The van der Waals surface area contributed by atoms with Gasteiger partial charge in [-0.05, 0) is 30.5 Å². The molecule has 1 aliphatic rings. The Morgan fingerprint density at radius 2 is 2.21 bits per heavy atom. The van der Waals surface area contributed by atoms with Crippen molar-refractivity contribution in [3.05, 3.63) is 65.9 Å². The number of aromatic nitrogens is 2. The van der Waals surface area contributed by atoms with Gasteiger partial charge < -0.3 is 9.64 Å². The molecule has 1 aromatic heterocycles. The van der Waals surface area contributed by atoms with Crippen LogP contribution in [0.15, 0.2) is 48.8 Å². The molecular formula is C21H20F2N4O2. The number of ether oxygens (including phenoxy) is 1. The molecule has 0 saturated carbocycles. The largest absolute Gasteiger partial charge is 0.478 e. The number of rotatable bonds is 7. The van der Waals surface area contributed by atoms with Crippen LogP contribution in [0, 0.1) is 17.1 Å². The highest BCUT2D eigenvalue weighted by molar-refractivity contribution is 5.93. The lowest BCUT2D eigenvalue weighted by molar-refractivity contribution is -0.128. The second-order valence-corrected chi connectivity index (χ2v) is 6.77. The molecule has 8 heteroatoms. The molecule has 0 aliphatic carbocycles. The quantitative estimate of drug-likeness (QED) is 0.527. The van der Waals surface area contributed by atoms with Gasteiger partial charge >= 0.3 is 0 Å². The zero-order chi connectivity index (χ0) is 20.8. The third kappa shape index (κ3) is 5.13. The summed E-state index contributed by atoms with van der Waals surface area (Å²) in [6, 6.07) is 8.70. The van der Waals surface area contributed by atoms with Crippen molar-refractivity contribution < 1.29 is 18.3 Å². The zero-order valence-corrected chi connectivity index (χ0v) is 15.7. The zero-order valence-electron chi connectivity index (χ0n) is 15.7. The number of hydrogen-bond acceptors (Lipinski definition) is 5. The summed E-state index contributed by atoms with van der Waals surface area (Å²) in [6.07, 6.45) is 1.08. The average molecular weight is 398 g/mol. The monoisotopic (exact) mass is 398 g/mol. The first-order chi connectivity index (χ1) is 14.0. The molecule has 0 bridgehead atoms. The van der Waals surface area contributed by atoms with Crippen LogP contribution in [0.3, 0.4) is 0 Å². The number of nitrogens with zero attached hydrogens (tertiary/aromatic N) is 4. The van der Waals surface area contributed by atoms with E-state index in [0.717, 1.165) is 0 Å². The molecule has 0 radical (unpaired) electrons. The van der Waals surface area contributed by atoms with Crippen molar-refractivity contribution in [3.8, 4) is 11.9 Å². The van der Waals surface area contributed by atoms with Crippen LogP contribution < -0.4 is 4.74 Å². The molecule has 29 heavy (non-hydrogen) atoms. The normalized spacial score (nSPS) is 18.3. The summed E-state index contributed by atoms with van der Waals surface area (Å²) in [5, 5.41) is 8.81. The van der Waals surface area contributed by atoms with E-state index in [0.29, 0.717) is 24.0 Å². The Bertz CT molecular complexity index is 944. The number of benzene rings is 1. The average Bonchev–Trinajstić information content (AvgIpc) is 3.12. The molecule has 0 N–H and O–H groups in total. The number of likely N-dealkylation sites (tertiary alicyclic amines) is 1. The summed E-state index contributed by atoms with van der Waals surface area (Å²) in [6.45, 7) is 4.07. The maximum Gasteiger partial charge on any atom is 0.249 e. The van der Waals surface area contributed by atoms with Crippen LogP contribution in [0.2, 0.25) is 0 Å². The van der Waals surface area contributed by atoms with Gasteiger partial charge in [0.25, 0.3) is 0 Å². The third-order valence-corrected chi connectivity index (χ3v) is 4.68. The van der Waals surface area contributed by atoms with Crippen LogP contribution >= 0.6 is 0 Å². The highest BCUT2D eigenvalue weighted by Gasteiger charge is 2.37. The van der Waals surface area contributed by atoms with E-state index in [2.05, 4.69) is 16.5 Å². The first-order valence-electron chi connectivity index (χ1n) is 9.21. The molecule has 0 spiro atoms. The minimum atomic E-state index is -1.16. The van der Waals surface area contributed by atoms with Crippen molar-refractivity contribution in [1.29, 1.82) is 5.26 Å². The maximum atomic E-state index is 14.0. The Balaban J connectivity index is 1.54. The summed E-state index contributed by atoms with van der Waals surface area (Å²) >= 11 is 0. The van der Waals surface area contributed by atoms with Crippen molar-refractivity contribution in [3.63, 3.8) is 0 Å². The SMILES string of the molecule is C=C(CCCOc1cc(C#N)ncn1)C(=O)N1CC(F)CC1c1cccc(F)c1. The van der Waals surface area contributed by atoms with Gasteiger partial charge in [0, 0.05) is 18.1 Å². The number of halogens is 2. The van der Waals surface area contributed by atoms with E-state index in [1.807, 2.05) is 6.07 Å². The minimum absolute atomic E-state index is 0.0343. The highest BCUT2D eigenvalue weighted by Crippen LogP contribution is 2.35. The topological polar surface area (TPSA) is 79.1 Å². The lowest BCUT2D eigenvalue weighted by Gasteiger charge is -2.25. The maximum absolute atomic E-state index is 14.0. The van der Waals surface area contributed by atoms with E-state index in [1.165, 1.54) is 29.4 Å². The highest BCUT2D eigenvalue weighted by atomic mass is 19.1. The molecule has 1 aliphatic heterocycles. The molecule has 150 valence electrons. The number of carbonyl (C=O) groups excluding carboxylic acids is 1. The predicted molar refractivity (Wildman–Crippen MR) is 101 cm³/mol. The number of nitriles is 1. The molecule has 1 fully saturated rings. The van der Waals surface area contributed by atoms with Crippen LogP contribution in [0.5, 0.6) is 5.88 Å². The Labute approximate surface area is 167 Å². The van der Waals surface area contributed by atoms with Crippen molar-refractivity contribution in [2.45, 2.75) is 31.5 Å². The van der Waals surface area contributed by atoms with Crippen molar-refractivity contribution >= 4 is 5.91 Å². The third-order valence-electron chi connectivity index (χ3n) is 4.68. The minimum Gasteiger partial charge on any atom is -0.478 e. The van der Waals surface area contributed by atoms with Crippen molar-refractivity contribution in [2.24, 2.45) is 0 Å². The standard InChI is InChI=1S/C21H20F2N4O2/c1-14(4-3-7-29-20-10-18(11-24)25-13-26-20)21(28)27-12-17(23)9-19(27)15-5-2-6-16(22)8-15/h2,5-6,8,10,13,17,19H,1,3-4,7,9,12H2. The smallest absolute Gasteiger partial charge is 0.249 e. The summed E-state index contributed by atoms with van der Waals surface area (Å²) in [7, 11) is 0. The van der Waals surface area contributed by atoms with E-state index in [1.54, 1.807) is 12.1 Å². The summed E-state index contributed by atoms with van der Waals surface area (Å²) in [5.74, 6) is -0.481. The van der Waals surface area contributed by atoms with Gasteiger partial charge in [-0.2, -0.15) is 5.26 Å². The van der Waals surface area contributed by atoms with Gasteiger partial charge in [-0.3, -0.25) is 4.79 Å². The Morgan fingerprint density at radius 1 is 1.38 bits per heavy atom. The molecule has 2 unspecified atom stereocenters. The molecule has 6 nitrogen and oxygen atoms in total. The van der Waals surface area contributed by atoms with Gasteiger partial charge in [-0.1, -0.05) is 18.7 Å². The number of alkyl halides is 1. The fourth-order valence-electron chi connectivity index (χ4n) is 3.29.